The lowest BCUT2D eigenvalue weighted by atomic mass is 9.70. The third-order valence-corrected chi connectivity index (χ3v) is 5.93. The zero-order chi connectivity index (χ0) is 16.9. The summed E-state index contributed by atoms with van der Waals surface area (Å²) in [7, 11) is 0. The number of nitrogens with one attached hydrogen (secondary N) is 1. The molecule has 0 atom stereocenters. The molecule has 1 aliphatic heterocycles. The largest absolute Gasteiger partial charge is 0.476 e. The molecule has 0 spiro atoms. The van der Waals surface area contributed by atoms with E-state index in [2.05, 4.69) is 44.3 Å². The van der Waals surface area contributed by atoms with E-state index in [1.165, 1.54) is 17.5 Å². The molecular weight excluding hydrogens is 320 g/mol. The van der Waals surface area contributed by atoms with E-state index in [1.54, 1.807) is 0 Å². The normalized spacial score (nSPS) is 20.0. The molecule has 1 aliphatic carbocycles. The number of aromatic nitrogens is 1. The highest BCUT2D eigenvalue weighted by atomic mass is 35.5. The van der Waals surface area contributed by atoms with Crippen LogP contribution in [0.5, 0.6) is 5.88 Å². The van der Waals surface area contributed by atoms with E-state index >= 15 is 0 Å². The average molecular weight is 343 g/mol. The van der Waals surface area contributed by atoms with Crippen molar-refractivity contribution in [3.63, 3.8) is 0 Å². The predicted molar refractivity (Wildman–Crippen MR) is 98.1 cm³/mol. The molecule has 4 heteroatoms. The number of hydrogen-bond donors (Lipinski definition) is 1. The standard InChI is InChI=1S/C20H23ClN2O/c1-13-14(6-4-7-16(13)21)20(10-5-11-20)23-17-9-8-15-18(22-17)24-12-19(15,2)3/h4,6-9H,5,10-12H2,1-3H3,(H,22,23). The fourth-order valence-electron chi connectivity index (χ4n) is 3.82. The number of fused-ring (bicyclic) bond motifs is 1. The van der Waals surface area contributed by atoms with Crippen molar-refractivity contribution >= 4 is 17.4 Å². The number of pyridine rings is 1. The first-order valence-electron chi connectivity index (χ1n) is 8.59. The van der Waals surface area contributed by atoms with E-state index in [-0.39, 0.29) is 11.0 Å². The first kappa shape index (κ1) is 15.8. The number of rotatable bonds is 3. The minimum absolute atomic E-state index is 0.0402. The molecule has 1 N–H and O–H groups in total. The van der Waals surface area contributed by atoms with Gasteiger partial charge in [-0.3, -0.25) is 0 Å². The Morgan fingerprint density at radius 1 is 1.12 bits per heavy atom. The SMILES string of the molecule is Cc1c(Cl)cccc1C1(Nc2ccc3c(n2)OCC3(C)C)CCC1. The molecule has 1 aromatic heterocycles. The third-order valence-electron chi connectivity index (χ3n) is 5.52. The van der Waals surface area contributed by atoms with Gasteiger partial charge >= 0.3 is 0 Å². The van der Waals surface area contributed by atoms with Crippen LogP contribution in [0.4, 0.5) is 5.82 Å². The number of benzene rings is 1. The van der Waals surface area contributed by atoms with Gasteiger partial charge in [0.25, 0.3) is 0 Å². The third kappa shape index (κ3) is 2.37. The van der Waals surface area contributed by atoms with Crippen molar-refractivity contribution in [3.05, 3.63) is 52.0 Å². The molecule has 1 fully saturated rings. The first-order valence-corrected chi connectivity index (χ1v) is 8.97. The quantitative estimate of drug-likeness (QED) is 0.831. The average Bonchev–Trinajstić information content (AvgIpc) is 2.81. The van der Waals surface area contributed by atoms with Gasteiger partial charge in [0.1, 0.15) is 5.82 Å². The Bertz CT molecular complexity index is 796. The molecule has 1 saturated carbocycles. The van der Waals surface area contributed by atoms with Crippen LogP contribution in [0.1, 0.15) is 49.8 Å². The van der Waals surface area contributed by atoms with Crippen molar-refractivity contribution in [1.82, 2.24) is 4.98 Å². The second-order valence-corrected chi connectivity index (χ2v) is 8.10. The Morgan fingerprint density at radius 3 is 2.62 bits per heavy atom. The minimum atomic E-state index is -0.0651. The highest BCUT2D eigenvalue weighted by Gasteiger charge is 2.41. The highest BCUT2D eigenvalue weighted by Crippen LogP contribution is 2.46. The number of halogens is 1. The van der Waals surface area contributed by atoms with Gasteiger partial charge in [0.05, 0.1) is 12.1 Å². The van der Waals surface area contributed by atoms with Crippen LogP contribution in [0.3, 0.4) is 0 Å². The van der Waals surface area contributed by atoms with Crippen LogP contribution in [-0.2, 0) is 11.0 Å². The Labute approximate surface area is 148 Å². The molecule has 0 saturated heterocycles. The molecule has 0 amide bonds. The van der Waals surface area contributed by atoms with Gasteiger partial charge in [-0.1, -0.05) is 37.6 Å². The summed E-state index contributed by atoms with van der Waals surface area (Å²) < 4.78 is 5.80. The summed E-state index contributed by atoms with van der Waals surface area (Å²) in [4.78, 5) is 4.73. The Balaban J connectivity index is 1.68. The number of ether oxygens (including phenoxy) is 1. The highest BCUT2D eigenvalue weighted by molar-refractivity contribution is 6.31. The maximum absolute atomic E-state index is 6.35. The molecule has 2 aliphatic rings. The van der Waals surface area contributed by atoms with Crippen molar-refractivity contribution < 1.29 is 4.74 Å². The molecule has 1 aromatic carbocycles. The fourth-order valence-corrected chi connectivity index (χ4v) is 4.00. The number of hydrogen-bond acceptors (Lipinski definition) is 3. The lowest BCUT2D eigenvalue weighted by molar-refractivity contribution is 0.278. The molecule has 2 aromatic rings. The summed E-state index contributed by atoms with van der Waals surface area (Å²) in [5, 5.41) is 4.51. The lowest BCUT2D eigenvalue weighted by Gasteiger charge is -2.44. The Kier molecular flexibility index (Phi) is 3.54. The van der Waals surface area contributed by atoms with E-state index in [4.69, 9.17) is 21.3 Å². The summed E-state index contributed by atoms with van der Waals surface area (Å²) in [6.07, 6.45) is 3.41. The van der Waals surface area contributed by atoms with Crippen molar-refractivity contribution in [2.75, 3.05) is 11.9 Å². The second kappa shape index (κ2) is 5.38. The monoisotopic (exact) mass is 342 g/mol. The summed E-state index contributed by atoms with van der Waals surface area (Å²) in [6.45, 7) is 7.17. The molecule has 0 radical (unpaired) electrons. The van der Waals surface area contributed by atoms with Crippen molar-refractivity contribution in [2.24, 2.45) is 0 Å². The molecule has 2 heterocycles. The van der Waals surface area contributed by atoms with Crippen LogP contribution < -0.4 is 10.1 Å². The van der Waals surface area contributed by atoms with Crippen LogP contribution in [0.25, 0.3) is 0 Å². The van der Waals surface area contributed by atoms with Gasteiger partial charge in [-0.15, -0.1) is 0 Å². The molecule has 0 bridgehead atoms. The molecular formula is C20H23ClN2O. The smallest absolute Gasteiger partial charge is 0.219 e. The molecule has 24 heavy (non-hydrogen) atoms. The summed E-state index contributed by atoms with van der Waals surface area (Å²) in [5.41, 5.74) is 3.60. The molecule has 126 valence electrons. The van der Waals surface area contributed by atoms with Crippen molar-refractivity contribution in [3.8, 4) is 5.88 Å². The maximum Gasteiger partial charge on any atom is 0.219 e. The van der Waals surface area contributed by atoms with Crippen LogP contribution in [-0.4, -0.2) is 11.6 Å². The predicted octanol–water partition coefficient (Wildman–Crippen LogP) is 5.20. The molecule has 4 rings (SSSR count). The van der Waals surface area contributed by atoms with Gasteiger partial charge in [-0.25, -0.2) is 0 Å². The Morgan fingerprint density at radius 2 is 1.92 bits per heavy atom. The van der Waals surface area contributed by atoms with E-state index < -0.39 is 0 Å². The lowest BCUT2D eigenvalue weighted by Crippen LogP contribution is -2.43. The van der Waals surface area contributed by atoms with Gasteiger partial charge in [0, 0.05) is 16.0 Å². The minimum Gasteiger partial charge on any atom is -0.476 e. The van der Waals surface area contributed by atoms with E-state index in [1.807, 2.05) is 12.1 Å². The van der Waals surface area contributed by atoms with E-state index in [0.717, 1.165) is 35.1 Å². The van der Waals surface area contributed by atoms with Crippen LogP contribution in [0.2, 0.25) is 5.02 Å². The van der Waals surface area contributed by atoms with Crippen LogP contribution >= 0.6 is 11.6 Å². The summed E-state index contributed by atoms with van der Waals surface area (Å²) in [6, 6.07) is 10.4. The number of nitrogens with zero attached hydrogens (tertiary/aromatic N) is 1. The van der Waals surface area contributed by atoms with Gasteiger partial charge in [0.2, 0.25) is 5.88 Å². The van der Waals surface area contributed by atoms with E-state index in [9.17, 15) is 0 Å². The van der Waals surface area contributed by atoms with Crippen LogP contribution in [0.15, 0.2) is 30.3 Å². The summed E-state index contributed by atoms with van der Waals surface area (Å²) >= 11 is 6.35. The van der Waals surface area contributed by atoms with Gasteiger partial charge in [-0.2, -0.15) is 4.98 Å². The van der Waals surface area contributed by atoms with Crippen molar-refractivity contribution in [1.29, 1.82) is 0 Å². The first-order chi connectivity index (χ1) is 11.4. The van der Waals surface area contributed by atoms with Gasteiger partial charge in [0.15, 0.2) is 0 Å². The van der Waals surface area contributed by atoms with Crippen LogP contribution in [0, 0.1) is 6.92 Å². The summed E-state index contributed by atoms with van der Waals surface area (Å²) in [5.74, 6) is 1.65. The maximum atomic E-state index is 6.35. The van der Waals surface area contributed by atoms with Gasteiger partial charge < -0.3 is 10.1 Å². The zero-order valence-electron chi connectivity index (χ0n) is 14.4. The molecule has 3 nitrogen and oxygen atoms in total. The second-order valence-electron chi connectivity index (χ2n) is 7.69. The fraction of sp³-hybridized carbons (Fsp3) is 0.450. The Hall–Kier alpha value is -1.74. The topological polar surface area (TPSA) is 34.2 Å². The number of anilines is 1. The van der Waals surface area contributed by atoms with Crippen molar-refractivity contribution in [2.45, 2.75) is 51.0 Å². The molecule has 0 unspecified atom stereocenters. The zero-order valence-corrected chi connectivity index (χ0v) is 15.2. The van der Waals surface area contributed by atoms with Gasteiger partial charge in [-0.05, 0) is 55.5 Å². The van der Waals surface area contributed by atoms with E-state index in [0.29, 0.717) is 6.61 Å².